The monoisotopic (exact) mass is 274 g/mol. The van der Waals surface area contributed by atoms with E-state index in [0.29, 0.717) is 11.6 Å². The molecule has 2 aromatic rings. The van der Waals surface area contributed by atoms with Crippen molar-refractivity contribution in [2.24, 2.45) is 0 Å². The van der Waals surface area contributed by atoms with Gasteiger partial charge in [-0.1, -0.05) is 22.9 Å². The molecule has 0 saturated carbocycles. The molecule has 1 heterocycles. The maximum Gasteiger partial charge on any atom is 0.263 e. The highest BCUT2D eigenvalue weighted by molar-refractivity contribution is 5.90. The smallest absolute Gasteiger partial charge is 0.263 e. The number of ether oxygens (including phenoxy) is 1. The van der Waals surface area contributed by atoms with Gasteiger partial charge in [-0.2, -0.15) is 0 Å². The van der Waals surface area contributed by atoms with E-state index in [4.69, 9.17) is 9.26 Å². The van der Waals surface area contributed by atoms with Crippen molar-refractivity contribution >= 4 is 11.7 Å². The largest absolute Gasteiger partial charge is 0.483 e. The fraction of sp³-hybridized carbons (Fsp3) is 0.333. The normalized spacial score (nSPS) is 10.4. The molecule has 1 amide bonds. The van der Waals surface area contributed by atoms with Gasteiger partial charge in [-0.25, -0.2) is 0 Å². The van der Waals surface area contributed by atoms with Crippen LogP contribution in [-0.2, 0) is 4.79 Å². The van der Waals surface area contributed by atoms with Crippen molar-refractivity contribution in [3.63, 3.8) is 0 Å². The zero-order chi connectivity index (χ0) is 14.7. The second kappa shape index (κ2) is 5.77. The minimum atomic E-state index is -0.266. The van der Waals surface area contributed by atoms with Crippen LogP contribution >= 0.6 is 0 Å². The van der Waals surface area contributed by atoms with E-state index in [-0.39, 0.29) is 12.5 Å². The van der Waals surface area contributed by atoms with Crippen LogP contribution in [0.3, 0.4) is 0 Å². The van der Waals surface area contributed by atoms with E-state index in [1.165, 1.54) is 5.56 Å². The minimum absolute atomic E-state index is 0.0589. The molecule has 0 atom stereocenters. The molecule has 0 aliphatic heterocycles. The lowest BCUT2D eigenvalue weighted by Gasteiger charge is -2.12. The fourth-order valence-electron chi connectivity index (χ4n) is 2.14. The first-order chi connectivity index (χ1) is 9.45. The molecule has 0 spiro atoms. The second-order valence-corrected chi connectivity index (χ2v) is 4.89. The third kappa shape index (κ3) is 3.38. The lowest BCUT2D eigenvalue weighted by Crippen LogP contribution is -2.20. The molecule has 0 aliphatic rings. The van der Waals surface area contributed by atoms with Crippen LogP contribution < -0.4 is 10.1 Å². The third-order valence-electron chi connectivity index (χ3n) is 2.85. The van der Waals surface area contributed by atoms with Gasteiger partial charge in [-0.15, -0.1) is 0 Å². The summed E-state index contributed by atoms with van der Waals surface area (Å²) in [5.74, 6) is 1.53. The number of aromatic nitrogens is 1. The van der Waals surface area contributed by atoms with Crippen molar-refractivity contribution in [3.8, 4) is 5.75 Å². The van der Waals surface area contributed by atoms with Gasteiger partial charge in [0.15, 0.2) is 12.4 Å². The van der Waals surface area contributed by atoms with Gasteiger partial charge < -0.3 is 14.6 Å². The van der Waals surface area contributed by atoms with Gasteiger partial charge in [0, 0.05) is 6.07 Å². The van der Waals surface area contributed by atoms with Crippen LogP contribution in [0, 0.1) is 27.7 Å². The predicted molar refractivity (Wildman–Crippen MR) is 76.0 cm³/mol. The van der Waals surface area contributed by atoms with E-state index in [2.05, 4.69) is 10.5 Å². The second-order valence-electron chi connectivity index (χ2n) is 4.89. The molecule has 0 bridgehead atoms. The van der Waals surface area contributed by atoms with Gasteiger partial charge in [0.05, 0.1) is 0 Å². The fourth-order valence-corrected chi connectivity index (χ4v) is 2.14. The maximum atomic E-state index is 11.8. The summed E-state index contributed by atoms with van der Waals surface area (Å²) in [5, 5.41) is 6.31. The average Bonchev–Trinajstić information content (AvgIpc) is 2.73. The molecular weight excluding hydrogens is 256 g/mol. The standard InChI is InChI=1S/C15H18N2O3/c1-9-5-10(2)15(11(3)6-9)19-8-14(18)16-13-7-12(4)20-17-13/h5-7H,8H2,1-4H3,(H,16,17,18). The van der Waals surface area contributed by atoms with E-state index in [0.717, 1.165) is 16.9 Å². The summed E-state index contributed by atoms with van der Waals surface area (Å²) < 4.78 is 10.5. The van der Waals surface area contributed by atoms with E-state index >= 15 is 0 Å². The summed E-state index contributed by atoms with van der Waals surface area (Å²) in [6.07, 6.45) is 0. The number of carbonyl (C=O) groups is 1. The molecule has 1 N–H and O–H groups in total. The van der Waals surface area contributed by atoms with Gasteiger partial charge in [0.25, 0.3) is 5.91 Å². The highest BCUT2D eigenvalue weighted by Gasteiger charge is 2.10. The maximum absolute atomic E-state index is 11.8. The molecule has 2 rings (SSSR count). The van der Waals surface area contributed by atoms with Crippen molar-refractivity contribution in [1.82, 2.24) is 5.16 Å². The number of hydrogen-bond acceptors (Lipinski definition) is 4. The number of rotatable bonds is 4. The van der Waals surface area contributed by atoms with Crippen LogP contribution in [0.5, 0.6) is 5.75 Å². The van der Waals surface area contributed by atoms with Crippen LogP contribution in [0.25, 0.3) is 0 Å². The molecule has 0 saturated heterocycles. The molecule has 1 aromatic carbocycles. The predicted octanol–water partition coefficient (Wildman–Crippen LogP) is 2.93. The van der Waals surface area contributed by atoms with Crippen LogP contribution in [0.1, 0.15) is 22.5 Å². The highest BCUT2D eigenvalue weighted by Crippen LogP contribution is 2.24. The van der Waals surface area contributed by atoms with E-state index in [1.54, 1.807) is 13.0 Å². The van der Waals surface area contributed by atoms with Crippen LogP contribution in [0.4, 0.5) is 5.82 Å². The summed E-state index contributed by atoms with van der Waals surface area (Å²) in [7, 11) is 0. The summed E-state index contributed by atoms with van der Waals surface area (Å²) in [4.78, 5) is 11.8. The Morgan fingerprint density at radius 1 is 1.20 bits per heavy atom. The van der Waals surface area contributed by atoms with Crippen LogP contribution in [-0.4, -0.2) is 17.7 Å². The van der Waals surface area contributed by atoms with Gasteiger partial charge >= 0.3 is 0 Å². The summed E-state index contributed by atoms with van der Waals surface area (Å²) in [5.41, 5.74) is 3.22. The number of carbonyl (C=O) groups excluding carboxylic acids is 1. The average molecular weight is 274 g/mol. The first kappa shape index (κ1) is 14.1. The van der Waals surface area contributed by atoms with Crippen LogP contribution in [0.15, 0.2) is 22.7 Å². The van der Waals surface area contributed by atoms with E-state index in [9.17, 15) is 4.79 Å². The molecule has 5 heteroatoms. The number of benzene rings is 1. The molecule has 0 fully saturated rings. The summed E-state index contributed by atoms with van der Waals surface area (Å²) in [6.45, 7) is 7.67. The zero-order valence-electron chi connectivity index (χ0n) is 12.1. The van der Waals surface area contributed by atoms with Gasteiger partial charge in [-0.05, 0) is 38.8 Å². The Balaban J connectivity index is 1.97. The minimum Gasteiger partial charge on any atom is -0.483 e. The molecule has 20 heavy (non-hydrogen) atoms. The zero-order valence-corrected chi connectivity index (χ0v) is 12.1. The van der Waals surface area contributed by atoms with Crippen molar-refractivity contribution < 1.29 is 14.1 Å². The Hall–Kier alpha value is -2.30. The van der Waals surface area contributed by atoms with Crippen molar-refractivity contribution in [3.05, 3.63) is 40.6 Å². The number of anilines is 1. The SMILES string of the molecule is Cc1cc(C)c(OCC(=O)Nc2cc(C)on2)c(C)c1. The first-order valence-electron chi connectivity index (χ1n) is 6.39. The van der Waals surface area contributed by atoms with E-state index < -0.39 is 0 Å². The van der Waals surface area contributed by atoms with Crippen molar-refractivity contribution in [1.29, 1.82) is 0 Å². The number of hydrogen-bond donors (Lipinski definition) is 1. The Morgan fingerprint density at radius 2 is 1.85 bits per heavy atom. The summed E-state index contributed by atoms with van der Waals surface area (Å²) in [6, 6.07) is 5.71. The van der Waals surface area contributed by atoms with Crippen LogP contribution in [0.2, 0.25) is 0 Å². The third-order valence-corrected chi connectivity index (χ3v) is 2.85. The Bertz CT molecular complexity index is 609. The number of nitrogens with one attached hydrogen (secondary N) is 1. The topological polar surface area (TPSA) is 64.4 Å². The van der Waals surface area contributed by atoms with Gasteiger partial charge in [0.2, 0.25) is 0 Å². The summed E-state index contributed by atoms with van der Waals surface area (Å²) >= 11 is 0. The Labute approximate surface area is 117 Å². The van der Waals surface area contributed by atoms with Gasteiger partial charge in [-0.3, -0.25) is 4.79 Å². The number of nitrogens with zero attached hydrogens (tertiary/aromatic N) is 1. The molecular formula is C15H18N2O3. The molecule has 0 unspecified atom stereocenters. The molecule has 106 valence electrons. The quantitative estimate of drug-likeness (QED) is 0.931. The van der Waals surface area contributed by atoms with E-state index in [1.807, 2.05) is 32.9 Å². The first-order valence-corrected chi connectivity index (χ1v) is 6.39. The highest BCUT2D eigenvalue weighted by atomic mass is 16.5. The molecule has 1 aromatic heterocycles. The van der Waals surface area contributed by atoms with Gasteiger partial charge in [0.1, 0.15) is 11.5 Å². The molecule has 0 radical (unpaired) electrons. The lowest BCUT2D eigenvalue weighted by molar-refractivity contribution is -0.118. The number of amides is 1. The Morgan fingerprint density at radius 3 is 2.40 bits per heavy atom. The van der Waals surface area contributed by atoms with Crippen molar-refractivity contribution in [2.45, 2.75) is 27.7 Å². The Kier molecular flexibility index (Phi) is 4.08. The van der Waals surface area contributed by atoms with Crippen molar-refractivity contribution in [2.75, 3.05) is 11.9 Å². The number of aryl methyl sites for hydroxylation is 4. The lowest BCUT2D eigenvalue weighted by atomic mass is 10.1. The molecule has 0 aliphatic carbocycles. The molecule has 5 nitrogen and oxygen atoms in total.